The summed E-state index contributed by atoms with van der Waals surface area (Å²) in [6.07, 6.45) is 3.30. The molecule has 1 aliphatic carbocycles. The molecular weight excluding hydrogens is 628 g/mol. The third-order valence-electron chi connectivity index (χ3n) is 8.50. The van der Waals surface area contributed by atoms with Gasteiger partial charge in [-0.15, -0.1) is 0 Å². The van der Waals surface area contributed by atoms with Gasteiger partial charge in [0.2, 0.25) is 5.95 Å². The maximum Gasteiger partial charge on any atom is 0.418 e. The Bertz CT molecular complexity index is 1860. The van der Waals surface area contributed by atoms with Gasteiger partial charge in [-0.05, 0) is 101 Å². The topological polar surface area (TPSA) is 179 Å². The summed E-state index contributed by atoms with van der Waals surface area (Å²) in [5, 5.41) is 22.0. The van der Waals surface area contributed by atoms with E-state index in [0.29, 0.717) is 41.6 Å². The molecule has 0 saturated heterocycles. The van der Waals surface area contributed by atoms with Crippen LogP contribution in [0.2, 0.25) is 0 Å². The van der Waals surface area contributed by atoms with Gasteiger partial charge in [-0.3, -0.25) is 0 Å². The number of aromatic nitrogens is 4. The zero-order valence-corrected chi connectivity index (χ0v) is 28.3. The molecule has 0 radical (unpaired) electrons. The van der Waals surface area contributed by atoms with E-state index in [1.54, 1.807) is 0 Å². The first-order valence-electron chi connectivity index (χ1n) is 16.3. The van der Waals surface area contributed by atoms with Gasteiger partial charge in [-0.1, -0.05) is 0 Å². The molecular formula is C34H42N10O5. The molecule has 3 heterocycles. The van der Waals surface area contributed by atoms with Gasteiger partial charge in [0.1, 0.15) is 11.9 Å². The summed E-state index contributed by atoms with van der Waals surface area (Å²) in [7, 11) is 3.91. The van der Waals surface area contributed by atoms with Crippen LogP contribution in [0.5, 0.6) is 0 Å². The minimum atomic E-state index is -1.20. The largest absolute Gasteiger partial charge is 0.464 e. The van der Waals surface area contributed by atoms with Gasteiger partial charge in [0.15, 0.2) is 17.0 Å². The normalized spacial score (nSPS) is 17.3. The average Bonchev–Trinajstić information content (AvgIpc) is 3.65. The summed E-state index contributed by atoms with van der Waals surface area (Å²) in [4.78, 5) is 54.8. The van der Waals surface area contributed by atoms with Crippen LogP contribution < -0.4 is 31.1 Å². The highest BCUT2D eigenvalue weighted by atomic mass is 16.6. The van der Waals surface area contributed by atoms with Crippen LogP contribution in [0.1, 0.15) is 52.0 Å². The second-order valence-electron chi connectivity index (χ2n) is 13.5. The summed E-state index contributed by atoms with van der Waals surface area (Å²) in [6, 6.07) is 12.9. The van der Waals surface area contributed by atoms with Crippen molar-refractivity contribution < 1.29 is 24.2 Å². The van der Waals surface area contributed by atoms with Crippen molar-refractivity contribution in [2.24, 2.45) is 0 Å². The quantitative estimate of drug-likeness (QED) is 0.156. The van der Waals surface area contributed by atoms with Crippen molar-refractivity contribution in [1.29, 1.82) is 0 Å². The molecule has 5 N–H and O–H groups in total. The minimum absolute atomic E-state index is 0.00138. The number of imidazole rings is 1. The Morgan fingerprint density at radius 1 is 0.939 bits per heavy atom. The van der Waals surface area contributed by atoms with E-state index in [4.69, 9.17) is 9.72 Å². The van der Waals surface area contributed by atoms with Crippen LogP contribution in [-0.4, -0.2) is 81.2 Å². The number of nitrogens with zero attached hydrogens (tertiary/aromatic N) is 6. The Morgan fingerprint density at radius 3 is 2.29 bits per heavy atom. The number of rotatable bonds is 7. The van der Waals surface area contributed by atoms with Gasteiger partial charge in [-0.2, -0.15) is 9.97 Å². The van der Waals surface area contributed by atoms with E-state index in [0.717, 1.165) is 47.2 Å². The molecule has 1 saturated carbocycles. The number of fused-ring (bicyclic) bond motifs is 2. The van der Waals surface area contributed by atoms with E-state index in [1.807, 2.05) is 87.1 Å². The van der Waals surface area contributed by atoms with Gasteiger partial charge in [0, 0.05) is 55.5 Å². The standard InChI is InChI=1S/C34H42N10O5/c1-34(2,3)49-32(46)39-23-8-6-21(7-9-23)36-30-40-28(27-29(41-30)44(19-35-27)33(47)48)43-17-16-20-18-24(12-15-26(20)43)38-31(45)37-22-10-13-25(14-11-22)42(4)5/h10-15,18-19,21,23H,6-9,16-17H2,1-5H3,(H,39,46)(H,47,48)(H,36,40,41)(H2,37,38,45)/t21-,23-. The van der Waals surface area contributed by atoms with Crippen molar-refractivity contribution in [1.82, 2.24) is 24.8 Å². The molecule has 0 unspecified atom stereocenters. The lowest BCUT2D eigenvalue weighted by Gasteiger charge is -2.30. The Labute approximate surface area is 284 Å². The maximum absolute atomic E-state index is 12.8. The predicted octanol–water partition coefficient (Wildman–Crippen LogP) is 6.00. The zero-order chi connectivity index (χ0) is 34.9. The number of urea groups is 1. The van der Waals surface area contributed by atoms with Crippen molar-refractivity contribution in [3.8, 4) is 0 Å². The molecule has 6 rings (SSSR count). The van der Waals surface area contributed by atoms with Gasteiger partial charge >= 0.3 is 18.2 Å². The van der Waals surface area contributed by atoms with Crippen LogP contribution in [0.25, 0.3) is 11.2 Å². The average molecular weight is 671 g/mol. The Kier molecular flexibility index (Phi) is 9.17. The number of ether oxygens (including phenoxy) is 1. The summed E-state index contributed by atoms with van der Waals surface area (Å²) < 4.78 is 6.39. The number of benzene rings is 2. The Hall–Kier alpha value is -5.60. The lowest BCUT2D eigenvalue weighted by molar-refractivity contribution is 0.0492. The SMILES string of the molecule is CN(C)c1ccc(NC(=O)Nc2ccc3c(c2)CCN3c2nc(N[C@H]3CC[C@H](NC(=O)OC(C)(C)C)CC3)nc3c2ncn3C(=O)O)cc1. The van der Waals surface area contributed by atoms with Crippen LogP contribution >= 0.6 is 0 Å². The first-order valence-corrected chi connectivity index (χ1v) is 16.3. The number of hydrogen-bond acceptors (Lipinski definition) is 10. The molecule has 1 aliphatic heterocycles. The lowest BCUT2D eigenvalue weighted by Crippen LogP contribution is -2.42. The van der Waals surface area contributed by atoms with Gasteiger partial charge in [0.25, 0.3) is 0 Å². The van der Waals surface area contributed by atoms with Crippen LogP contribution in [0.15, 0.2) is 48.8 Å². The Balaban J connectivity index is 1.16. The zero-order valence-electron chi connectivity index (χ0n) is 28.3. The summed E-state index contributed by atoms with van der Waals surface area (Å²) >= 11 is 0. The molecule has 258 valence electrons. The molecule has 49 heavy (non-hydrogen) atoms. The fourth-order valence-corrected chi connectivity index (χ4v) is 6.15. The molecule has 4 aromatic rings. The van der Waals surface area contributed by atoms with E-state index < -0.39 is 17.8 Å². The third-order valence-corrected chi connectivity index (χ3v) is 8.50. The number of carbonyl (C=O) groups excluding carboxylic acids is 2. The van der Waals surface area contributed by atoms with Gasteiger partial charge in [0.05, 0.1) is 0 Å². The number of nitrogens with one attached hydrogen (secondary N) is 4. The number of anilines is 6. The highest BCUT2D eigenvalue weighted by molar-refractivity contribution is 6.00. The minimum Gasteiger partial charge on any atom is -0.464 e. The van der Waals surface area contributed by atoms with E-state index in [-0.39, 0.29) is 23.8 Å². The van der Waals surface area contributed by atoms with E-state index >= 15 is 0 Å². The second kappa shape index (κ2) is 13.5. The second-order valence-corrected chi connectivity index (χ2v) is 13.5. The number of hydrogen-bond donors (Lipinski definition) is 5. The molecule has 15 heteroatoms. The predicted molar refractivity (Wildman–Crippen MR) is 188 cm³/mol. The van der Waals surface area contributed by atoms with Crippen LogP contribution in [0, 0.1) is 0 Å². The Morgan fingerprint density at radius 2 is 1.61 bits per heavy atom. The molecule has 2 aromatic carbocycles. The van der Waals surface area contributed by atoms with Gasteiger partial charge in [-0.25, -0.2) is 23.9 Å². The highest BCUT2D eigenvalue weighted by Gasteiger charge is 2.29. The van der Waals surface area contributed by atoms with Crippen LogP contribution in [0.3, 0.4) is 0 Å². The molecule has 0 spiro atoms. The van der Waals surface area contributed by atoms with Crippen LogP contribution in [0.4, 0.5) is 48.9 Å². The highest BCUT2D eigenvalue weighted by Crippen LogP contribution is 2.38. The fourth-order valence-electron chi connectivity index (χ4n) is 6.15. The van der Waals surface area contributed by atoms with Gasteiger partial charge < -0.3 is 40.9 Å². The van der Waals surface area contributed by atoms with Crippen molar-refractivity contribution in [2.45, 2.75) is 70.6 Å². The molecule has 0 bridgehead atoms. The molecule has 2 aliphatic rings. The number of amides is 3. The van der Waals surface area contributed by atoms with E-state index in [2.05, 4.69) is 31.2 Å². The number of carboxylic acid groups (broad SMARTS) is 1. The molecule has 15 nitrogen and oxygen atoms in total. The molecule has 0 atom stereocenters. The number of alkyl carbamates (subject to hydrolysis) is 1. The third kappa shape index (κ3) is 7.77. The molecule has 1 fully saturated rings. The summed E-state index contributed by atoms with van der Waals surface area (Å²) in [5.74, 6) is 0.794. The lowest BCUT2D eigenvalue weighted by atomic mass is 9.91. The first-order chi connectivity index (χ1) is 23.3. The van der Waals surface area contributed by atoms with E-state index in [9.17, 15) is 19.5 Å². The fraction of sp³-hybridized carbons (Fsp3) is 0.412. The van der Waals surface area contributed by atoms with Crippen LogP contribution in [-0.2, 0) is 11.2 Å². The van der Waals surface area contributed by atoms with E-state index in [1.165, 1.54) is 6.33 Å². The smallest absolute Gasteiger partial charge is 0.418 e. The summed E-state index contributed by atoms with van der Waals surface area (Å²) in [5.41, 5.74) is 4.23. The maximum atomic E-state index is 12.8. The van der Waals surface area contributed by atoms with Crippen molar-refractivity contribution in [3.63, 3.8) is 0 Å². The van der Waals surface area contributed by atoms with Crippen molar-refractivity contribution >= 4 is 63.9 Å². The van der Waals surface area contributed by atoms with Crippen molar-refractivity contribution in [3.05, 3.63) is 54.4 Å². The molecule has 2 aromatic heterocycles. The molecule has 3 amide bonds. The monoisotopic (exact) mass is 670 g/mol. The first kappa shape index (κ1) is 33.3. The summed E-state index contributed by atoms with van der Waals surface area (Å²) in [6.45, 7) is 6.08. The van der Waals surface area contributed by atoms with Crippen molar-refractivity contribution in [2.75, 3.05) is 46.4 Å². The number of carbonyl (C=O) groups is 3.